The van der Waals surface area contributed by atoms with E-state index < -0.39 is 20.9 Å². The molecule has 32 heavy (non-hydrogen) atoms. The molecule has 3 rings (SSSR count). The Labute approximate surface area is 191 Å². The van der Waals surface area contributed by atoms with Crippen molar-refractivity contribution in [3.05, 3.63) is 57.1 Å². The second-order valence-corrected chi connectivity index (χ2v) is 9.82. The predicted octanol–water partition coefficient (Wildman–Crippen LogP) is 3.99. The summed E-state index contributed by atoms with van der Waals surface area (Å²) < 4.78 is 32.9. The van der Waals surface area contributed by atoms with Crippen LogP contribution >= 0.6 is 11.6 Å². The lowest BCUT2D eigenvalue weighted by molar-refractivity contribution is -0.384. The fourth-order valence-electron chi connectivity index (χ4n) is 3.53. The molecule has 1 aliphatic heterocycles. The number of amides is 1. The molecule has 2 aromatic rings. The quantitative estimate of drug-likeness (QED) is 0.471. The van der Waals surface area contributed by atoms with E-state index >= 15 is 0 Å². The highest BCUT2D eigenvalue weighted by molar-refractivity contribution is 7.89. The number of carbonyl (C=O) groups is 1. The first kappa shape index (κ1) is 24.0. The van der Waals surface area contributed by atoms with Crippen LogP contribution in [0.15, 0.2) is 41.3 Å². The Bertz CT molecular complexity index is 1140. The minimum Gasteiger partial charge on any atom is -0.492 e. The van der Waals surface area contributed by atoms with E-state index in [-0.39, 0.29) is 34.6 Å². The molecule has 11 heteroatoms. The minimum atomic E-state index is -3.86. The van der Waals surface area contributed by atoms with Crippen LogP contribution in [0, 0.1) is 23.0 Å². The SMILES string of the molecule is CCOc1ccc(S(=O)(=O)N2CCC[C@H](C(=O)Nc3cc([N+](=O)[O-])ccc3C)C2)cc1Cl. The van der Waals surface area contributed by atoms with Crippen LogP contribution in [0.3, 0.4) is 0 Å². The van der Waals surface area contributed by atoms with Crippen LogP contribution in [0.5, 0.6) is 5.75 Å². The summed E-state index contributed by atoms with van der Waals surface area (Å²) >= 11 is 6.15. The minimum absolute atomic E-state index is 0.00692. The number of aryl methyl sites for hydroxylation is 1. The Morgan fingerprint density at radius 2 is 2.06 bits per heavy atom. The smallest absolute Gasteiger partial charge is 0.271 e. The number of piperidine rings is 1. The molecule has 0 radical (unpaired) electrons. The third-order valence-corrected chi connectivity index (χ3v) is 7.44. The molecule has 0 aliphatic carbocycles. The fourth-order valence-corrected chi connectivity index (χ4v) is 5.38. The van der Waals surface area contributed by atoms with Crippen molar-refractivity contribution in [1.29, 1.82) is 0 Å². The number of anilines is 1. The third kappa shape index (κ3) is 5.20. The highest BCUT2D eigenvalue weighted by atomic mass is 35.5. The molecule has 2 aromatic carbocycles. The number of carbonyl (C=O) groups excluding carboxylic acids is 1. The van der Waals surface area contributed by atoms with Gasteiger partial charge in [-0.05, 0) is 50.5 Å². The van der Waals surface area contributed by atoms with Crippen molar-refractivity contribution in [1.82, 2.24) is 4.31 Å². The first-order valence-electron chi connectivity index (χ1n) is 10.1. The van der Waals surface area contributed by atoms with E-state index in [4.69, 9.17) is 16.3 Å². The van der Waals surface area contributed by atoms with Gasteiger partial charge in [0.05, 0.1) is 33.1 Å². The average Bonchev–Trinajstić information content (AvgIpc) is 2.76. The van der Waals surface area contributed by atoms with Crippen molar-refractivity contribution in [2.24, 2.45) is 5.92 Å². The zero-order valence-corrected chi connectivity index (χ0v) is 19.3. The van der Waals surface area contributed by atoms with E-state index in [0.29, 0.717) is 36.4 Å². The van der Waals surface area contributed by atoms with Gasteiger partial charge in [0.2, 0.25) is 15.9 Å². The molecule has 0 unspecified atom stereocenters. The van der Waals surface area contributed by atoms with Crippen molar-refractivity contribution < 1.29 is 22.9 Å². The largest absolute Gasteiger partial charge is 0.492 e. The lowest BCUT2D eigenvalue weighted by Crippen LogP contribution is -2.43. The number of nitro benzene ring substituents is 1. The molecule has 1 atom stereocenters. The molecule has 172 valence electrons. The summed E-state index contributed by atoms with van der Waals surface area (Å²) in [6.45, 7) is 4.22. The molecule has 0 spiro atoms. The highest BCUT2D eigenvalue weighted by Crippen LogP contribution is 2.31. The Morgan fingerprint density at radius 1 is 1.31 bits per heavy atom. The van der Waals surface area contributed by atoms with E-state index in [9.17, 15) is 23.3 Å². The Hall–Kier alpha value is -2.69. The first-order valence-corrected chi connectivity index (χ1v) is 11.9. The van der Waals surface area contributed by atoms with Crippen LogP contribution in [0.1, 0.15) is 25.3 Å². The van der Waals surface area contributed by atoms with Gasteiger partial charge in [-0.2, -0.15) is 4.31 Å². The lowest BCUT2D eigenvalue weighted by atomic mass is 9.98. The second-order valence-electron chi connectivity index (χ2n) is 7.47. The van der Waals surface area contributed by atoms with Crippen molar-refractivity contribution in [3.8, 4) is 5.75 Å². The molecule has 1 N–H and O–H groups in total. The summed E-state index contributed by atoms with van der Waals surface area (Å²) in [6, 6.07) is 8.51. The standard InChI is InChI=1S/C21H24ClN3O6S/c1-3-31-20-9-8-17(12-18(20)22)32(29,30)24-10-4-5-15(13-24)21(26)23-19-11-16(25(27)28)7-6-14(19)2/h6-9,11-12,15H,3-5,10,13H2,1-2H3,(H,23,26)/t15-/m0/s1. The molecule has 0 saturated carbocycles. The maximum absolute atomic E-state index is 13.1. The Kier molecular flexibility index (Phi) is 7.37. The van der Waals surface area contributed by atoms with Gasteiger partial charge in [-0.25, -0.2) is 8.42 Å². The van der Waals surface area contributed by atoms with Gasteiger partial charge in [0.25, 0.3) is 5.69 Å². The van der Waals surface area contributed by atoms with Gasteiger partial charge in [-0.3, -0.25) is 14.9 Å². The Morgan fingerprint density at radius 3 is 2.72 bits per heavy atom. The number of nitrogens with zero attached hydrogens (tertiary/aromatic N) is 2. The molecule has 0 aromatic heterocycles. The summed E-state index contributed by atoms with van der Waals surface area (Å²) in [7, 11) is -3.86. The lowest BCUT2D eigenvalue weighted by Gasteiger charge is -2.31. The molecular formula is C21H24ClN3O6S. The monoisotopic (exact) mass is 481 g/mol. The molecule has 1 aliphatic rings. The van der Waals surface area contributed by atoms with Crippen LogP contribution in [0.2, 0.25) is 5.02 Å². The number of nitro groups is 1. The zero-order valence-electron chi connectivity index (χ0n) is 17.7. The summed E-state index contributed by atoms with van der Waals surface area (Å²) in [5.74, 6) is -0.565. The van der Waals surface area contributed by atoms with Crippen LogP contribution in [-0.4, -0.2) is 43.2 Å². The number of nitrogens with one attached hydrogen (secondary N) is 1. The van der Waals surface area contributed by atoms with Gasteiger partial charge in [0.1, 0.15) is 5.75 Å². The fraction of sp³-hybridized carbons (Fsp3) is 0.381. The molecule has 1 amide bonds. The van der Waals surface area contributed by atoms with Crippen molar-refractivity contribution in [2.45, 2.75) is 31.6 Å². The highest BCUT2D eigenvalue weighted by Gasteiger charge is 2.34. The van der Waals surface area contributed by atoms with Crippen LogP contribution in [0.4, 0.5) is 11.4 Å². The van der Waals surface area contributed by atoms with Crippen LogP contribution in [-0.2, 0) is 14.8 Å². The molecule has 9 nitrogen and oxygen atoms in total. The number of rotatable bonds is 7. The van der Waals surface area contributed by atoms with E-state index in [1.807, 2.05) is 0 Å². The first-order chi connectivity index (χ1) is 15.1. The van der Waals surface area contributed by atoms with E-state index in [0.717, 1.165) is 0 Å². The Balaban J connectivity index is 1.76. The zero-order chi connectivity index (χ0) is 23.5. The van der Waals surface area contributed by atoms with Crippen molar-refractivity contribution in [2.75, 3.05) is 25.0 Å². The number of sulfonamides is 1. The van der Waals surface area contributed by atoms with E-state index in [2.05, 4.69) is 5.32 Å². The summed E-state index contributed by atoms with van der Waals surface area (Å²) in [5, 5.41) is 13.9. The summed E-state index contributed by atoms with van der Waals surface area (Å²) in [6.07, 6.45) is 1.02. The maximum atomic E-state index is 13.1. The topological polar surface area (TPSA) is 119 Å². The number of ether oxygens (including phenoxy) is 1. The number of halogens is 1. The van der Waals surface area contributed by atoms with Gasteiger partial charge in [0, 0.05) is 25.2 Å². The van der Waals surface area contributed by atoms with Gasteiger partial charge < -0.3 is 10.1 Å². The normalized spacial score (nSPS) is 17.0. The maximum Gasteiger partial charge on any atom is 0.271 e. The summed E-state index contributed by atoms with van der Waals surface area (Å²) in [5.41, 5.74) is 0.877. The molecule has 1 heterocycles. The molecule has 0 bridgehead atoms. The van der Waals surface area contributed by atoms with E-state index in [1.54, 1.807) is 19.9 Å². The van der Waals surface area contributed by atoms with Crippen molar-refractivity contribution >= 4 is 38.9 Å². The number of non-ortho nitro benzene ring substituents is 1. The van der Waals surface area contributed by atoms with Gasteiger partial charge in [0.15, 0.2) is 0 Å². The summed E-state index contributed by atoms with van der Waals surface area (Å²) in [4.78, 5) is 23.4. The van der Waals surface area contributed by atoms with Gasteiger partial charge >= 0.3 is 0 Å². The number of benzene rings is 2. The van der Waals surface area contributed by atoms with Crippen molar-refractivity contribution in [3.63, 3.8) is 0 Å². The number of hydrogen-bond donors (Lipinski definition) is 1. The van der Waals surface area contributed by atoms with Gasteiger partial charge in [-0.15, -0.1) is 0 Å². The third-order valence-electron chi connectivity index (χ3n) is 5.29. The number of hydrogen-bond acceptors (Lipinski definition) is 6. The van der Waals surface area contributed by atoms with Gasteiger partial charge in [-0.1, -0.05) is 17.7 Å². The molecule has 1 saturated heterocycles. The van der Waals surface area contributed by atoms with Crippen LogP contribution < -0.4 is 10.1 Å². The molecule has 1 fully saturated rings. The second kappa shape index (κ2) is 9.85. The van der Waals surface area contributed by atoms with E-state index in [1.165, 1.54) is 34.6 Å². The average molecular weight is 482 g/mol. The predicted molar refractivity (Wildman–Crippen MR) is 121 cm³/mol. The van der Waals surface area contributed by atoms with Crippen LogP contribution in [0.25, 0.3) is 0 Å². The molecular weight excluding hydrogens is 458 g/mol.